The van der Waals surface area contributed by atoms with Crippen LogP contribution in [0.1, 0.15) is 57.8 Å². The summed E-state index contributed by atoms with van der Waals surface area (Å²) in [7, 11) is 1.22. The summed E-state index contributed by atoms with van der Waals surface area (Å²) in [6.45, 7) is 7.56. The molecule has 0 radical (unpaired) electrons. The van der Waals surface area contributed by atoms with Crippen molar-refractivity contribution in [2.45, 2.75) is 71.4 Å². The van der Waals surface area contributed by atoms with Gasteiger partial charge in [-0.05, 0) is 35.8 Å². The lowest BCUT2D eigenvalue weighted by atomic mass is 9.98. The first-order chi connectivity index (χ1) is 19.0. The van der Waals surface area contributed by atoms with Crippen LogP contribution in [0.2, 0.25) is 0 Å². The number of aliphatic hydroxyl groups excluding tert-OH is 1. The first-order valence-electron chi connectivity index (χ1n) is 13.4. The van der Waals surface area contributed by atoms with E-state index in [1.165, 1.54) is 7.11 Å². The van der Waals surface area contributed by atoms with Gasteiger partial charge in [0.2, 0.25) is 11.8 Å². The number of carbonyl (C=O) groups is 4. The average Bonchev–Trinajstić information content (AvgIpc) is 2.93. The third kappa shape index (κ3) is 10.7. The van der Waals surface area contributed by atoms with Crippen molar-refractivity contribution in [1.82, 2.24) is 16.0 Å². The summed E-state index contributed by atoms with van der Waals surface area (Å²) in [5.41, 5.74) is 1.17. The molecule has 10 nitrogen and oxygen atoms in total. The molecule has 3 amide bonds. The SMILES string of the molecule is COC(=O)[C@H](CC(C)C)NC(=O)[C@H](NC(=O)[C@H](CC(C)C)NC(=O)OCc1ccccc1)[C@@H](O)c1ccccc1. The van der Waals surface area contributed by atoms with E-state index in [4.69, 9.17) is 9.47 Å². The molecule has 40 heavy (non-hydrogen) atoms. The molecule has 4 atom stereocenters. The van der Waals surface area contributed by atoms with Crippen molar-refractivity contribution < 1.29 is 33.8 Å². The van der Waals surface area contributed by atoms with E-state index in [1.807, 2.05) is 45.9 Å². The van der Waals surface area contributed by atoms with E-state index >= 15 is 0 Å². The first kappa shape index (κ1) is 32.3. The highest BCUT2D eigenvalue weighted by molar-refractivity contribution is 5.93. The van der Waals surface area contributed by atoms with E-state index < -0.39 is 48.1 Å². The third-order valence-electron chi connectivity index (χ3n) is 6.07. The van der Waals surface area contributed by atoms with Crippen LogP contribution in [0, 0.1) is 11.8 Å². The smallest absolute Gasteiger partial charge is 0.408 e. The number of alkyl carbamates (subject to hydrolysis) is 1. The lowest BCUT2D eigenvalue weighted by Crippen LogP contribution is -2.58. The molecular weight excluding hydrogens is 514 g/mol. The van der Waals surface area contributed by atoms with Crippen molar-refractivity contribution >= 4 is 23.9 Å². The predicted molar refractivity (Wildman–Crippen MR) is 150 cm³/mol. The minimum atomic E-state index is -1.47. The number of hydrogen-bond acceptors (Lipinski definition) is 7. The number of esters is 1. The van der Waals surface area contributed by atoms with Crippen LogP contribution in [0.3, 0.4) is 0 Å². The molecule has 0 aliphatic carbocycles. The topological polar surface area (TPSA) is 143 Å². The molecule has 0 aromatic heterocycles. The average molecular weight is 556 g/mol. The van der Waals surface area contributed by atoms with Crippen LogP contribution in [0.25, 0.3) is 0 Å². The molecular formula is C30H41N3O7. The number of carbonyl (C=O) groups excluding carboxylic acids is 4. The van der Waals surface area contributed by atoms with Gasteiger partial charge in [0.15, 0.2) is 0 Å². The van der Waals surface area contributed by atoms with Crippen LogP contribution in [0.4, 0.5) is 4.79 Å². The first-order valence-corrected chi connectivity index (χ1v) is 13.4. The highest BCUT2D eigenvalue weighted by Crippen LogP contribution is 2.18. The Hall–Kier alpha value is -3.92. The summed E-state index contributed by atoms with van der Waals surface area (Å²) < 4.78 is 10.1. The molecule has 218 valence electrons. The van der Waals surface area contributed by atoms with Crippen molar-refractivity contribution in [1.29, 1.82) is 0 Å². The fourth-order valence-corrected chi connectivity index (χ4v) is 4.08. The zero-order chi connectivity index (χ0) is 29.7. The maximum absolute atomic E-state index is 13.4. The Bertz CT molecular complexity index is 1090. The highest BCUT2D eigenvalue weighted by Gasteiger charge is 2.35. The number of methoxy groups -OCH3 is 1. The molecule has 0 saturated carbocycles. The molecule has 0 aliphatic rings. The highest BCUT2D eigenvalue weighted by atomic mass is 16.5. The Balaban J connectivity index is 2.24. The number of nitrogens with one attached hydrogen (secondary N) is 3. The monoisotopic (exact) mass is 555 g/mol. The summed E-state index contributed by atoms with van der Waals surface area (Å²) in [5.74, 6) is -2.03. The van der Waals surface area contributed by atoms with E-state index in [-0.39, 0.29) is 24.9 Å². The van der Waals surface area contributed by atoms with Gasteiger partial charge in [0.1, 0.15) is 30.8 Å². The summed E-state index contributed by atoms with van der Waals surface area (Å²) in [6, 6.07) is 14.0. The largest absolute Gasteiger partial charge is 0.467 e. The van der Waals surface area contributed by atoms with E-state index in [9.17, 15) is 24.3 Å². The van der Waals surface area contributed by atoms with Gasteiger partial charge in [-0.15, -0.1) is 0 Å². The number of amides is 3. The second-order valence-electron chi connectivity index (χ2n) is 10.4. The lowest BCUT2D eigenvalue weighted by molar-refractivity contribution is -0.146. The standard InChI is InChI=1S/C30H41N3O7/c1-19(2)16-23(32-30(38)40-18-21-12-8-6-9-13-21)27(35)33-25(26(34)22-14-10-7-11-15-22)28(36)31-24(17-20(3)4)29(37)39-5/h6-15,19-20,23-26,34H,16-18H2,1-5H3,(H,31,36)(H,32,38)(H,33,35)/t23-,24-,25+,26-/m0/s1. The Morgan fingerprint density at radius 3 is 1.85 bits per heavy atom. The van der Waals surface area contributed by atoms with Gasteiger partial charge in [-0.1, -0.05) is 88.4 Å². The molecule has 0 unspecified atom stereocenters. The van der Waals surface area contributed by atoms with E-state index in [0.29, 0.717) is 12.0 Å². The molecule has 0 heterocycles. The summed E-state index contributed by atoms with van der Waals surface area (Å²) >= 11 is 0. The zero-order valence-corrected chi connectivity index (χ0v) is 23.8. The molecule has 0 aliphatic heterocycles. The van der Waals surface area contributed by atoms with Gasteiger partial charge < -0.3 is 30.5 Å². The molecule has 0 fully saturated rings. The van der Waals surface area contributed by atoms with Crippen LogP contribution >= 0.6 is 0 Å². The minimum absolute atomic E-state index is 0.00578. The fourth-order valence-electron chi connectivity index (χ4n) is 4.08. The van der Waals surface area contributed by atoms with E-state index in [0.717, 1.165) is 5.56 Å². The van der Waals surface area contributed by atoms with Crippen molar-refractivity contribution in [2.24, 2.45) is 11.8 Å². The molecule has 10 heteroatoms. The predicted octanol–water partition coefficient (Wildman–Crippen LogP) is 3.25. The Morgan fingerprint density at radius 2 is 1.30 bits per heavy atom. The van der Waals surface area contributed by atoms with Gasteiger partial charge in [-0.3, -0.25) is 9.59 Å². The van der Waals surface area contributed by atoms with E-state index in [2.05, 4.69) is 16.0 Å². The summed E-state index contributed by atoms with van der Waals surface area (Å²) in [4.78, 5) is 51.7. The molecule has 2 aromatic carbocycles. The van der Waals surface area contributed by atoms with Crippen molar-refractivity contribution in [3.8, 4) is 0 Å². The molecule has 2 rings (SSSR count). The lowest BCUT2D eigenvalue weighted by Gasteiger charge is -2.28. The van der Waals surface area contributed by atoms with Gasteiger partial charge in [-0.25, -0.2) is 9.59 Å². The maximum Gasteiger partial charge on any atom is 0.408 e. The van der Waals surface area contributed by atoms with Gasteiger partial charge >= 0.3 is 12.1 Å². The quantitative estimate of drug-likeness (QED) is 0.262. The van der Waals surface area contributed by atoms with E-state index in [1.54, 1.807) is 42.5 Å². The van der Waals surface area contributed by atoms with Gasteiger partial charge in [0.05, 0.1) is 7.11 Å². The van der Waals surface area contributed by atoms with Gasteiger partial charge in [0, 0.05) is 0 Å². The molecule has 0 bridgehead atoms. The number of ether oxygens (including phenoxy) is 2. The molecule has 2 aromatic rings. The molecule has 4 N–H and O–H groups in total. The number of aliphatic hydroxyl groups is 1. The molecule has 0 saturated heterocycles. The van der Waals surface area contributed by atoms with Gasteiger partial charge in [-0.2, -0.15) is 0 Å². The Morgan fingerprint density at radius 1 is 0.750 bits per heavy atom. The van der Waals surface area contributed by atoms with Crippen molar-refractivity contribution in [3.63, 3.8) is 0 Å². The van der Waals surface area contributed by atoms with Crippen LogP contribution in [-0.4, -0.2) is 54.2 Å². The van der Waals surface area contributed by atoms with Crippen LogP contribution in [0.15, 0.2) is 60.7 Å². The van der Waals surface area contributed by atoms with Crippen molar-refractivity contribution in [2.75, 3.05) is 7.11 Å². The maximum atomic E-state index is 13.4. The van der Waals surface area contributed by atoms with Crippen LogP contribution in [0.5, 0.6) is 0 Å². The fraction of sp³-hybridized carbons (Fsp3) is 0.467. The Kier molecular flexibility index (Phi) is 13.1. The normalized spacial score (nSPS) is 14.0. The Labute approximate surface area is 235 Å². The zero-order valence-electron chi connectivity index (χ0n) is 23.8. The minimum Gasteiger partial charge on any atom is -0.467 e. The second-order valence-corrected chi connectivity index (χ2v) is 10.4. The summed E-state index contributed by atoms with van der Waals surface area (Å²) in [6.07, 6.45) is -1.69. The van der Waals surface area contributed by atoms with Crippen LogP contribution < -0.4 is 16.0 Å². The van der Waals surface area contributed by atoms with Crippen molar-refractivity contribution in [3.05, 3.63) is 71.8 Å². The second kappa shape index (κ2) is 16.2. The summed E-state index contributed by atoms with van der Waals surface area (Å²) in [5, 5.41) is 18.9. The molecule has 0 spiro atoms. The number of rotatable bonds is 14. The third-order valence-corrected chi connectivity index (χ3v) is 6.07. The van der Waals surface area contributed by atoms with Gasteiger partial charge in [0.25, 0.3) is 0 Å². The number of benzene rings is 2. The van der Waals surface area contributed by atoms with Crippen LogP contribution in [-0.2, 0) is 30.5 Å². The number of hydrogen-bond donors (Lipinski definition) is 4.